The van der Waals surface area contributed by atoms with Crippen LogP contribution in [-0.4, -0.2) is 46.1 Å². The summed E-state index contributed by atoms with van der Waals surface area (Å²) in [5, 5.41) is 9.27. The lowest BCUT2D eigenvalue weighted by Crippen LogP contribution is -2.17. The Morgan fingerprint density at radius 2 is 2.25 bits per heavy atom. The first-order valence-corrected chi connectivity index (χ1v) is 10.1. The lowest BCUT2D eigenvalue weighted by Gasteiger charge is -2.13. The molecule has 1 atom stereocenters. The van der Waals surface area contributed by atoms with Gasteiger partial charge in [-0.2, -0.15) is 0 Å². The zero-order valence-electron chi connectivity index (χ0n) is 15.5. The average Bonchev–Trinajstić information content (AvgIpc) is 3.49. The second-order valence-electron chi connectivity index (χ2n) is 6.47. The summed E-state index contributed by atoms with van der Waals surface area (Å²) in [5.74, 6) is 2.23. The summed E-state index contributed by atoms with van der Waals surface area (Å²) in [6.45, 7) is 1.42. The van der Waals surface area contributed by atoms with Crippen LogP contribution in [0.1, 0.15) is 23.2 Å². The Hall–Kier alpha value is -2.58. The molecule has 0 bridgehead atoms. The van der Waals surface area contributed by atoms with Crippen molar-refractivity contribution < 1.29 is 18.7 Å². The monoisotopic (exact) mass is 399 g/mol. The maximum Gasteiger partial charge on any atom is 0.200 e. The molecule has 8 heteroatoms. The molecule has 3 aromatic rings. The maximum atomic E-state index is 12.6. The molecule has 0 aliphatic carbocycles. The third-order valence-electron chi connectivity index (χ3n) is 4.59. The van der Waals surface area contributed by atoms with Crippen molar-refractivity contribution in [3.63, 3.8) is 0 Å². The number of Topliss-reactive ketones (excluding diaryl/α,β-unsaturated/α-hetero) is 1. The van der Waals surface area contributed by atoms with Crippen molar-refractivity contribution in [2.24, 2.45) is 0 Å². The molecular weight excluding hydrogens is 378 g/mol. The molecule has 1 aromatic carbocycles. The van der Waals surface area contributed by atoms with E-state index in [1.807, 2.05) is 28.8 Å². The number of rotatable bonds is 8. The third-order valence-corrected chi connectivity index (χ3v) is 5.56. The number of carbonyl (C=O) groups is 1. The lowest BCUT2D eigenvalue weighted by molar-refractivity contribution is 0.0952. The highest BCUT2D eigenvalue weighted by molar-refractivity contribution is 7.99. The van der Waals surface area contributed by atoms with Crippen LogP contribution in [0.5, 0.6) is 5.75 Å². The highest BCUT2D eigenvalue weighted by atomic mass is 32.2. The van der Waals surface area contributed by atoms with Gasteiger partial charge in [0, 0.05) is 12.2 Å². The van der Waals surface area contributed by atoms with Gasteiger partial charge in [0.15, 0.2) is 16.7 Å². The van der Waals surface area contributed by atoms with Gasteiger partial charge in [0.1, 0.15) is 5.75 Å². The number of nitrogens with zero attached hydrogens (tertiary/aromatic N) is 3. The Morgan fingerprint density at radius 1 is 1.32 bits per heavy atom. The molecular formula is C20H21N3O4S. The molecule has 2 aromatic heterocycles. The van der Waals surface area contributed by atoms with Crippen molar-refractivity contribution in [3.05, 3.63) is 48.2 Å². The molecule has 28 heavy (non-hydrogen) atoms. The SMILES string of the molecule is COc1cccc(C(=O)CSc2nnc(-c3ccco3)n2C[C@@H]2CCCO2)c1. The van der Waals surface area contributed by atoms with E-state index in [4.69, 9.17) is 13.9 Å². The number of hydrogen-bond acceptors (Lipinski definition) is 7. The van der Waals surface area contributed by atoms with E-state index in [2.05, 4.69) is 10.2 Å². The second-order valence-corrected chi connectivity index (χ2v) is 7.42. The summed E-state index contributed by atoms with van der Waals surface area (Å²) in [7, 11) is 1.59. The topological polar surface area (TPSA) is 79.4 Å². The van der Waals surface area contributed by atoms with E-state index in [9.17, 15) is 4.79 Å². The van der Waals surface area contributed by atoms with Crippen molar-refractivity contribution in [2.75, 3.05) is 19.5 Å². The zero-order valence-corrected chi connectivity index (χ0v) is 16.4. The van der Waals surface area contributed by atoms with Crippen molar-refractivity contribution in [1.29, 1.82) is 0 Å². The van der Waals surface area contributed by atoms with E-state index >= 15 is 0 Å². The molecule has 146 valence electrons. The minimum absolute atomic E-state index is 0.00937. The lowest BCUT2D eigenvalue weighted by atomic mass is 10.1. The van der Waals surface area contributed by atoms with Gasteiger partial charge in [0.2, 0.25) is 5.82 Å². The Balaban J connectivity index is 1.52. The minimum atomic E-state index is 0.00937. The molecule has 3 heterocycles. The van der Waals surface area contributed by atoms with E-state index in [0.717, 1.165) is 19.4 Å². The van der Waals surface area contributed by atoms with Gasteiger partial charge in [-0.15, -0.1) is 10.2 Å². The summed E-state index contributed by atoms with van der Waals surface area (Å²) in [4.78, 5) is 12.6. The Labute approximate surface area is 167 Å². The molecule has 1 saturated heterocycles. The summed E-state index contributed by atoms with van der Waals surface area (Å²) in [6.07, 6.45) is 3.79. The molecule has 0 saturated carbocycles. The van der Waals surface area contributed by atoms with Crippen LogP contribution in [0, 0.1) is 0 Å². The van der Waals surface area contributed by atoms with Crippen molar-refractivity contribution >= 4 is 17.5 Å². The molecule has 0 radical (unpaired) electrons. The number of ether oxygens (including phenoxy) is 2. The molecule has 0 N–H and O–H groups in total. The number of hydrogen-bond donors (Lipinski definition) is 0. The van der Waals surface area contributed by atoms with Gasteiger partial charge in [-0.3, -0.25) is 9.36 Å². The Bertz CT molecular complexity index is 933. The number of furan rings is 1. The minimum Gasteiger partial charge on any atom is -0.497 e. The van der Waals surface area contributed by atoms with Crippen molar-refractivity contribution in [3.8, 4) is 17.3 Å². The molecule has 1 fully saturated rings. The predicted molar refractivity (Wildman–Crippen MR) is 105 cm³/mol. The average molecular weight is 399 g/mol. The molecule has 0 unspecified atom stereocenters. The van der Waals surface area contributed by atoms with Gasteiger partial charge < -0.3 is 13.9 Å². The zero-order chi connectivity index (χ0) is 19.3. The van der Waals surface area contributed by atoms with E-state index < -0.39 is 0 Å². The van der Waals surface area contributed by atoms with E-state index in [-0.39, 0.29) is 17.6 Å². The summed E-state index contributed by atoms with van der Waals surface area (Å²) >= 11 is 1.37. The summed E-state index contributed by atoms with van der Waals surface area (Å²) in [5.41, 5.74) is 0.614. The highest BCUT2D eigenvalue weighted by Gasteiger charge is 2.23. The van der Waals surface area contributed by atoms with Gasteiger partial charge in [-0.05, 0) is 37.1 Å². The number of methoxy groups -OCH3 is 1. The number of thioether (sulfide) groups is 1. The molecule has 1 aliphatic rings. The van der Waals surface area contributed by atoms with Gasteiger partial charge in [-0.25, -0.2) is 0 Å². The first-order chi connectivity index (χ1) is 13.7. The van der Waals surface area contributed by atoms with Crippen LogP contribution in [0.4, 0.5) is 0 Å². The first kappa shape index (κ1) is 18.8. The predicted octanol–water partition coefficient (Wildman–Crippen LogP) is 3.70. The normalized spacial score (nSPS) is 16.4. The van der Waals surface area contributed by atoms with Crippen LogP contribution < -0.4 is 4.74 Å². The van der Waals surface area contributed by atoms with E-state index in [0.29, 0.717) is 34.6 Å². The van der Waals surface area contributed by atoms with Crippen LogP contribution in [0.25, 0.3) is 11.6 Å². The number of benzene rings is 1. The quantitative estimate of drug-likeness (QED) is 0.422. The van der Waals surface area contributed by atoms with E-state index in [1.54, 1.807) is 25.5 Å². The fourth-order valence-corrected chi connectivity index (χ4v) is 3.99. The van der Waals surface area contributed by atoms with Crippen LogP contribution in [0.2, 0.25) is 0 Å². The largest absolute Gasteiger partial charge is 0.497 e. The smallest absolute Gasteiger partial charge is 0.200 e. The van der Waals surface area contributed by atoms with Crippen LogP contribution in [-0.2, 0) is 11.3 Å². The molecule has 7 nitrogen and oxygen atoms in total. The van der Waals surface area contributed by atoms with Gasteiger partial charge >= 0.3 is 0 Å². The van der Waals surface area contributed by atoms with Gasteiger partial charge in [-0.1, -0.05) is 23.9 Å². The maximum absolute atomic E-state index is 12.6. The standard InChI is InChI=1S/C20H21N3O4S/c1-25-15-6-2-5-14(11-15)17(24)13-28-20-22-21-19(18-8-4-10-27-18)23(20)12-16-7-3-9-26-16/h2,4-6,8,10-11,16H,3,7,9,12-13H2,1H3/t16-/m0/s1. The molecule has 0 amide bonds. The molecule has 4 rings (SSSR count). The van der Waals surface area contributed by atoms with Crippen LogP contribution in [0.15, 0.2) is 52.2 Å². The Morgan fingerprint density at radius 3 is 3.00 bits per heavy atom. The van der Waals surface area contributed by atoms with Crippen LogP contribution >= 0.6 is 11.8 Å². The molecule has 1 aliphatic heterocycles. The fourth-order valence-electron chi connectivity index (χ4n) is 3.15. The Kier molecular flexibility index (Phi) is 5.78. The summed E-state index contributed by atoms with van der Waals surface area (Å²) < 4.78 is 18.5. The number of aromatic nitrogens is 3. The second kappa shape index (κ2) is 8.62. The number of carbonyl (C=O) groups excluding carboxylic acids is 1. The van der Waals surface area contributed by atoms with Crippen molar-refractivity contribution in [1.82, 2.24) is 14.8 Å². The van der Waals surface area contributed by atoms with Crippen molar-refractivity contribution in [2.45, 2.75) is 30.6 Å². The third kappa shape index (κ3) is 4.13. The number of ketones is 1. The van der Waals surface area contributed by atoms with E-state index in [1.165, 1.54) is 11.8 Å². The van der Waals surface area contributed by atoms with Crippen LogP contribution in [0.3, 0.4) is 0 Å². The highest BCUT2D eigenvalue weighted by Crippen LogP contribution is 2.27. The van der Waals surface area contributed by atoms with Gasteiger partial charge in [0.05, 0.1) is 31.8 Å². The van der Waals surface area contributed by atoms with Gasteiger partial charge in [0.25, 0.3) is 0 Å². The first-order valence-electron chi connectivity index (χ1n) is 9.13. The summed E-state index contributed by atoms with van der Waals surface area (Å²) in [6, 6.07) is 10.8. The molecule has 0 spiro atoms. The fraction of sp³-hybridized carbons (Fsp3) is 0.350.